The molecule has 24 heavy (non-hydrogen) atoms. The van der Waals surface area contributed by atoms with Crippen LogP contribution in [-0.2, 0) is 4.79 Å². The first kappa shape index (κ1) is 16.7. The molecule has 0 spiro atoms. The second-order valence-corrected chi connectivity index (χ2v) is 6.43. The van der Waals surface area contributed by atoms with Crippen molar-refractivity contribution in [2.45, 2.75) is 5.03 Å². The van der Waals surface area contributed by atoms with Crippen LogP contribution < -0.4 is 10.2 Å². The molecule has 3 heterocycles. The number of thioether (sulfide) groups is 1. The zero-order valence-corrected chi connectivity index (χ0v) is 14.1. The smallest absolute Gasteiger partial charge is 0.234 e. The summed E-state index contributed by atoms with van der Waals surface area (Å²) in [6.07, 6.45) is 5.17. The van der Waals surface area contributed by atoms with Crippen molar-refractivity contribution in [1.82, 2.24) is 35.6 Å². The summed E-state index contributed by atoms with van der Waals surface area (Å²) >= 11 is 1.56. The second kappa shape index (κ2) is 8.60. The monoisotopic (exact) mass is 348 g/mol. The molecular weight excluding hydrogens is 328 g/mol. The van der Waals surface area contributed by atoms with Crippen molar-refractivity contribution in [3.05, 3.63) is 24.7 Å². The molecule has 0 bridgehead atoms. The molecule has 1 amide bonds. The Morgan fingerprint density at radius 2 is 2.04 bits per heavy atom. The Balaban J connectivity index is 1.31. The molecule has 0 aliphatic carbocycles. The summed E-state index contributed by atoms with van der Waals surface area (Å²) in [5.74, 6) is 1.59. The third-order valence-electron chi connectivity index (χ3n) is 3.64. The Hall–Kier alpha value is -2.20. The topological polar surface area (TPSA) is 103 Å². The van der Waals surface area contributed by atoms with Crippen LogP contribution in [0.2, 0.25) is 0 Å². The Labute approximate surface area is 144 Å². The summed E-state index contributed by atoms with van der Waals surface area (Å²) in [5, 5.41) is 14.0. The maximum Gasteiger partial charge on any atom is 0.234 e. The zero-order valence-electron chi connectivity index (χ0n) is 13.3. The normalized spacial score (nSPS) is 15.4. The van der Waals surface area contributed by atoms with Gasteiger partial charge in [0, 0.05) is 50.9 Å². The molecule has 1 aliphatic heterocycles. The van der Waals surface area contributed by atoms with Crippen LogP contribution in [0.25, 0.3) is 0 Å². The van der Waals surface area contributed by atoms with Crippen LogP contribution in [0, 0.1) is 0 Å². The molecular formula is C14H20N8OS. The summed E-state index contributed by atoms with van der Waals surface area (Å²) in [5.41, 5.74) is 0. The number of piperazine rings is 1. The number of hydrogen-bond acceptors (Lipinski definition) is 8. The van der Waals surface area contributed by atoms with Gasteiger partial charge in [-0.15, -0.1) is 16.9 Å². The Morgan fingerprint density at radius 3 is 2.75 bits per heavy atom. The predicted octanol–water partition coefficient (Wildman–Crippen LogP) is -0.375. The second-order valence-electron chi connectivity index (χ2n) is 5.32. The van der Waals surface area contributed by atoms with Crippen molar-refractivity contribution in [3.63, 3.8) is 0 Å². The van der Waals surface area contributed by atoms with Crippen LogP contribution in [0.5, 0.6) is 0 Å². The zero-order chi connectivity index (χ0) is 16.6. The van der Waals surface area contributed by atoms with E-state index in [1.54, 1.807) is 30.4 Å². The van der Waals surface area contributed by atoms with Crippen LogP contribution in [0.3, 0.4) is 0 Å². The molecule has 3 rings (SSSR count). The van der Waals surface area contributed by atoms with Crippen LogP contribution >= 0.6 is 11.8 Å². The van der Waals surface area contributed by atoms with Crippen LogP contribution in [0.15, 0.2) is 29.7 Å². The molecule has 128 valence electrons. The summed E-state index contributed by atoms with van der Waals surface area (Å²) < 4.78 is 0. The highest BCUT2D eigenvalue weighted by atomic mass is 32.2. The third kappa shape index (κ3) is 4.90. The Kier molecular flexibility index (Phi) is 5.96. The molecule has 10 heteroatoms. The maximum absolute atomic E-state index is 12.0. The molecule has 0 unspecified atom stereocenters. The summed E-state index contributed by atoms with van der Waals surface area (Å²) in [7, 11) is 0. The van der Waals surface area contributed by atoms with E-state index in [1.165, 1.54) is 0 Å². The van der Waals surface area contributed by atoms with Gasteiger partial charge in [0.15, 0.2) is 0 Å². The first-order valence-corrected chi connectivity index (χ1v) is 8.79. The Bertz CT molecular complexity index is 615. The number of nitrogens with zero attached hydrogens (tertiary/aromatic N) is 6. The van der Waals surface area contributed by atoms with Gasteiger partial charge in [-0.2, -0.15) is 10.3 Å². The minimum atomic E-state index is 0.0557. The number of amides is 1. The van der Waals surface area contributed by atoms with Gasteiger partial charge >= 0.3 is 0 Å². The number of H-pyrrole nitrogens is 1. The summed E-state index contributed by atoms with van der Waals surface area (Å²) in [4.78, 5) is 24.8. The van der Waals surface area contributed by atoms with Gasteiger partial charge in [-0.3, -0.25) is 9.69 Å². The lowest BCUT2D eigenvalue weighted by atomic mass is 10.3. The number of aromatic amines is 1. The summed E-state index contributed by atoms with van der Waals surface area (Å²) in [6, 6.07) is 1.81. The SMILES string of the molecule is O=C(CN1CCN(c2ncccn2)CC1)NCCSc1cn[nH]n1. The molecule has 1 fully saturated rings. The van der Waals surface area contributed by atoms with E-state index in [9.17, 15) is 4.79 Å². The maximum atomic E-state index is 12.0. The molecule has 2 N–H and O–H groups in total. The largest absolute Gasteiger partial charge is 0.354 e. The van der Waals surface area contributed by atoms with E-state index in [0.717, 1.165) is 42.9 Å². The highest BCUT2D eigenvalue weighted by Gasteiger charge is 2.20. The number of rotatable bonds is 7. The van der Waals surface area contributed by atoms with Crippen molar-refractivity contribution in [2.75, 3.05) is 49.9 Å². The van der Waals surface area contributed by atoms with Crippen LogP contribution in [-0.4, -0.2) is 81.2 Å². The number of hydrogen-bond donors (Lipinski definition) is 2. The van der Waals surface area contributed by atoms with Crippen molar-refractivity contribution in [2.24, 2.45) is 0 Å². The molecule has 1 saturated heterocycles. The van der Waals surface area contributed by atoms with Gasteiger partial charge in [0.2, 0.25) is 11.9 Å². The fraction of sp³-hybridized carbons (Fsp3) is 0.500. The van der Waals surface area contributed by atoms with Gasteiger partial charge in [-0.05, 0) is 6.07 Å². The highest BCUT2D eigenvalue weighted by molar-refractivity contribution is 7.99. The van der Waals surface area contributed by atoms with Gasteiger partial charge in [0.25, 0.3) is 0 Å². The van der Waals surface area contributed by atoms with Crippen molar-refractivity contribution >= 4 is 23.6 Å². The van der Waals surface area contributed by atoms with Gasteiger partial charge in [0.1, 0.15) is 5.03 Å². The van der Waals surface area contributed by atoms with Crippen molar-refractivity contribution < 1.29 is 4.79 Å². The lowest BCUT2D eigenvalue weighted by Crippen LogP contribution is -2.50. The molecule has 2 aromatic rings. The molecule has 0 saturated carbocycles. The van der Waals surface area contributed by atoms with Crippen molar-refractivity contribution in [3.8, 4) is 0 Å². The minimum Gasteiger partial charge on any atom is -0.354 e. The third-order valence-corrected chi connectivity index (χ3v) is 4.54. The van der Waals surface area contributed by atoms with E-state index in [4.69, 9.17) is 0 Å². The molecule has 9 nitrogen and oxygen atoms in total. The first-order chi connectivity index (χ1) is 11.8. The van der Waals surface area contributed by atoms with E-state index in [-0.39, 0.29) is 5.91 Å². The standard InChI is InChI=1S/C14H20N8OS/c23-12(15-4-9-24-13-10-18-20-19-13)11-21-5-7-22(8-6-21)14-16-2-1-3-17-14/h1-3,10H,4-9,11H2,(H,15,23)(H,18,19,20). The van der Waals surface area contributed by atoms with Gasteiger partial charge < -0.3 is 10.2 Å². The van der Waals surface area contributed by atoms with E-state index in [0.29, 0.717) is 13.1 Å². The van der Waals surface area contributed by atoms with Crippen molar-refractivity contribution in [1.29, 1.82) is 0 Å². The minimum absolute atomic E-state index is 0.0557. The molecule has 0 aromatic carbocycles. The number of carbonyl (C=O) groups is 1. The highest BCUT2D eigenvalue weighted by Crippen LogP contribution is 2.11. The van der Waals surface area contributed by atoms with Crippen LogP contribution in [0.4, 0.5) is 5.95 Å². The van der Waals surface area contributed by atoms with Gasteiger partial charge in [-0.25, -0.2) is 9.97 Å². The molecule has 0 atom stereocenters. The van der Waals surface area contributed by atoms with Gasteiger partial charge in [0.05, 0.1) is 12.7 Å². The number of nitrogens with one attached hydrogen (secondary N) is 2. The first-order valence-electron chi connectivity index (χ1n) is 7.81. The number of aromatic nitrogens is 5. The lowest BCUT2D eigenvalue weighted by Gasteiger charge is -2.34. The van der Waals surface area contributed by atoms with Crippen LogP contribution in [0.1, 0.15) is 0 Å². The number of anilines is 1. The van der Waals surface area contributed by atoms with E-state index in [1.807, 2.05) is 6.07 Å². The average Bonchev–Trinajstić information content (AvgIpc) is 3.14. The quantitative estimate of drug-likeness (QED) is 0.516. The van der Waals surface area contributed by atoms with Gasteiger partial charge in [-0.1, -0.05) is 0 Å². The average molecular weight is 348 g/mol. The molecule has 0 radical (unpaired) electrons. The number of carbonyl (C=O) groups excluding carboxylic acids is 1. The summed E-state index contributed by atoms with van der Waals surface area (Å²) in [6.45, 7) is 4.38. The fourth-order valence-corrected chi connectivity index (χ4v) is 3.07. The van der Waals surface area contributed by atoms with E-state index in [2.05, 4.69) is 40.5 Å². The van der Waals surface area contributed by atoms with E-state index < -0.39 is 0 Å². The molecule has 2 aromatic heterocycles. The predicted molar refractivity (Wildman–Crippen MR) is 90.8 cm³/mol. The molecule has 1 aliphatic rings. The lowest BCUT2D eigenvalue weighted by molar-refractivity contribution is -0.122. The fourth-order valence-electron chi connectivity index (χ4n) is 2.43. The van der Waals surface area contributed by atoms with E-state index >= 15 is 0 Å². The Morgan fingerprint density at radius 1 is 1.25 bits per heavy atom.